The first kappa shape index (κ1) is 12.0. The van der Waals surface area contributed by atoms with E-state index in [4.69, 9.17) is 0 Å². The lowest BCUT2D eigenvalue weighted by atomic mass is 9.76. The summed E-state index contributed by atoms with van der Waals surface area (Å²) < 4.78 is 0. The number of fused-ring (bicyclic) bond motifs is 1. The molecule has 0 saturated heterocycles. The van der Waals surface area contributed by atoms with Crippen molar-refractivity contribution < 1.29 is 5.21 Å². The van der Waals surface area contributed by atoms with E-state index in [9.17, 15) is 5.21 Å². The predicted octanol–water partition coefficient (Wildman–Crippen LogP) is 4.10. The molecule has 96 valence electrons. The Morgan fingerprint density at radius 3 is 2.58 bits per heavy atom. The molecule has 2 aromatic carbocycles. The number of hydrogen-bond acceptors (Lipinski definition) is 2. The van der Waals surface area contributed by atoms with Crippen molar-refractivity contribution in [3.8, 4) is 0 Å². The van der Waals surface area contributed by atoms with Gasteiger partial charge in [-0.1, -0.05) is 53.7 Å². The minimum atomic E-state index is 0.404. The van der Waals surface area contributed by atoms with Gasteiger partial charge in [0, 0.05) is 11.5 Å². The fourth-order valence-electron chi connectivity index (χ4n) is 3.07. The SMILES string of the molecule is Cc1cccc2c1C(=NO)CCC2c1ccccc1. The Kier molecular flexibility index (Phi) is 3.08. The maximum absolute atomic E-state index is 9.21. The molecule has 1 aliphatic carbocycles. The van der Waals surface area contributed by atoms with Crippen LogP contribution in [0, 0.1) is 6.92 Å². The zero-order valence-corrected chi connectivity index (χ0v) is 11.0. The van der Waals surface area contributed by atoms with Gasteiger partial charge in [0.15, 0.2) is 0 Å². The topological polar surface area (TPSA) is 32.6 Å². The number of rotatable bonds is 1. The quantitative estimate of drug-likeness (QED) is 0.600. The van der Waals surface area contributed by atoms with Crippen LogP contribution in [0.5, 0.6) is 0 Å². The molecule has 0 heterocycles. The summed E-state index contributed by atoms with van der Waals surface area (Å²) in [6.07, 6.45) is 1.83. The van der Waals surface area contributed by atoms with Gasteiger partial charge in [-0.25, -0.2) is 0 Å². The normalized spacial score (nSPS) is 20.3. The van der Waals surface area contributed by atoms with Gasteiger partial charge in [-0.15, -0.1) is 0 Å². The molecule has 19 heavy (non-hydrogen) atoms. The Morgan fingerprint density at radius 2 is 1.84 bits per heavy atom. The molecule has 2 heteroatoms. The lowest BCUT2D eigenvalue weighted by molar-refractivity contribution is 0.317. The van der Waals surface area contributed by atoms with Crippen LogP contribution < -0.4 is 0 Å². The number of nitrogens with zero attached hydrogens (tertiary/aromatic N) is 1. The number of aryl methyl sites for hydroxylation is 1. The van der Waals surface area contributed by atoms with Crippen molar-refractivity contribution in [3.63, 3.8) is 0 Å². The minimum absolute atomic E-state index is 0.404. The molecular weight excluding hydrogens is 234 g/mol. The molecule has 0 fully saturated rings. The zero-order valence-electron chi connectivity index (χ0n) is 11.0. The van der Waals surface area contributed by atoms with E-state index in [2.05, 4.69) is 54.5 Å². The summed E-state index contributed by atoms with van der Waals surface area (Å²) in [5, 5.41) is 12.7. The minimum Gasteiger partial charge on any atom is -0.411 e. The van der Waals surface area contributed by atoms with Crippen molar-refractivity contribution in [1.82, 2.24) is 0 Å². The van der Waals surface area contributed by atoms with Crippen LogP contribution in [0.25, 0.3) is 0 Å². The van der Waals surface area contributed by atoms with E-state index in [1.54, 1.807) is 0 Å². The lowest BCUT2D eigenvalue weighted by Crippen LogP contribution is -2.18. The van der Waals surface area contributed by atoms with Crippen molar-refractivity contribution >= 4 is 5.71 Å². The van der Waals surface area contributed by atoms with Gasteiger partial charge in [-0.3, -0.25) is 0 Å². The average Bonchev–Trinajstić information content (AvgIpc) is 2.47. The number of oxime groups is 1. The van der Waals surface area contributed by atoms with Crippen LogP contribution in [0.4, 0.5) is 0 Å². The summed E-state index contributed by atoms with van der Waals surface area (Å²) in [5.41, 5.74) is 5.76. The van der Waals surface area contributed by atoms with Gasteiger partial charge in [0.25, 0.3) is 0 Å². The Labute approximate surface area is 113 Å². The third-order valence-electron chi connectivity index (χ3n) is 3.96. The molecule has 0 aliphatic heterocycles. The first-order valence-corrected chi connectivity index (χ1v) is 6.67. The predicted molar refractivity (Wildman–Crippen MR) is 77.0 cm³/mol. The highest BCUT2D eigenvalue weighted by atomic mass is 16.4. The highest BCUT2D eigenvalue weighted by molar-refractivity contribution is 6.04. The largest absolute Gasteiger partial charge is 0.411 e. The van der Waals surface area contributed by atoms with Crippen molar-refractivity contribution in [2.45, 2.75) is 25.7 Å². The molecular formula is C17H17NO. The van der Waals surface area contributed by atoms with Crippen LogP contribution >= 0.6 is 0 Å². The van der Waals surface area contributed by atoms with Gasteiger partial charge in [-0.2, -0.15) is 0 Å². The molecule has 3 rings (SSSR count). The van der Waals surface area contributed by atoms with Gasteiger partial charge in [0.2, 0.25) is 0 Å². The van der Waals surface area contributed by atoms with Crippen molar-refractivity contribution in [3.05, 3.63) is 70.8 Å². The monoisotopic (exact) mass is 251 g/mol. The Balaban J connectivity index is 2.16. The second kappa shape index (κ2) is 4.88. The van der Waals surface area contributed by atoms with Crippen LogP contribution in [-0.4, -0.2) is 10.9 Å². The number of hydrogen-bond donors (Lipinski definition) is 1. The van der Waals surface area contributed by atoms with Crippen LogP contribution in [0.15, 0.2) is 53.7 Å². The van der Waals surface area contributed by atoms with Crippen molar-refractivity contribution in [2.75, 3.05) is 0 Å². The van der Waals surface area contributed by atoms with Crippen LogP contribution in [0.1, 0.15) is 41.0 Å². The van der Waals surface area contributed by atoms with Gasteiger partial charge < -0.3 is 5.21 Å². The van der Waals surface area contributed by atoms with E-state index in [1.807, 2.05) is 6.07 Å². The third kappa shape index (κ3) is 2.03. The summed E-state index contributed by atoms with van der Waals surface area (Å²) in [5.74, 6) is 0.404. The first-order chi connectivity index (χ1) is 9.31. The maximum atomic E-state index is 9.21. The molecule has 0 aromatic heterocycles. The first-order valence-electron chi connectivity index (χ1n) is 6.67. The van der Waals surface area contributed by atoms with E-state index in [0.29, 0.717) is 5.92 Å². The molecule has 1 unspecified atom stereocenters. The standard InChI is InChI=1S/C17H17NO/c1-12-6-5-9-15-14(13-7-3-2-4-8-13)10-11-16(18-19)17(12)15/h2-9,14,19H,10-11H2,1H3. The Hall–Kier alpha value is -2.09. The van der Waals surface area contributed by atoms with Gasteiger partial charge in [0.1, 0.15) is 0 Å². The maximum Gasteiger partial charge on any atom is 0.0873 e. The third-order valence-corrected chi connectivity index (χ3v) is 3.96. The molecule has 1 N–H and O–H groups in total. The molecule has 1 atom stereocenters. The average molecular weight is 251 g/mol. The van der Waals surface area contributed by atoms with Gasteiger partial charge in [0.05, 0.1) is 5.71 Å². The second-order valence-electron chi connectivity index (χ2n) is 5.09. The second-order valence-corrected chi connectivity index (χ2v) is 5.09. The van der Waals surface area contributed by atoms with E-state index in [1.165, 1.54) is 16.7 Å². The molecule has 0 spiro atoms. The van der Waals surface area contributed by atoms with E-state index in [0.717, 1.165) is 24.1 Å². The fraction of sp³-hybridized carbons (Fsp3) is 0.235. The van der Waals surface area contributed by atoms with Gasteiger partial charge in [-0.05, 0) is 36.5 Å². The summed E-state index contributed by atoms with van der Waals surface area (Å²) in [6.45, 7) is 2.08. The summed E-state index contributed by atoms with van der Waals surface area (Å²) >= 11 is 0. The Bertz CT molecular complexity index is 616. The van der Waals surface area contributed by atoms with E-state index < -0.39 is 0 Å². The van der Waals surface area contributed by atoms with Crippen LogP contribution in [-0.2, 0) is 0 Å². The molecule has 2 nitrogen and oxygen atoms in total. The smallest absolute Gasteiger partial charge is 0.0873 e. The highest BCUT2D eigenvalue weighted by Gasteiger charge is 2.26. The van der Waals surface area contributed by atoms with E-state index in [-0.39, 0.29) is 0 Å². The summed E-state index contributed by atoms with van der Waals surface area (Å²) in [7, 11) is 0. The number of benzene rings is 2. The molecule has 2 aromatic rings. The lowest BCUT2D eigenvalue weighted by Gasteiger charge is -2.27. The molecule has 0 bridgehead atoms. The molecule has 0 radical (unpaired) electrons. The van der Waals surface area contributed by atoms with Crippen molar-refractivity contribution in [2.24, 2.45) is 5.16 Å². The Morgan fingerprint density at radius 1 is 1.05 bits per heavy atom. The summed E-state index contributed by atoms with van der Waals surface area (Å²) in [4.78, 5) is 0. The van der Waals surface area contributed by atoms with Crippen molar-refractivity contribution in [1.29, 1.82) is 0 Å². The van der Waals surface area contributed by atoms with Gasteiger partial charge >= 0.3 is 0 Å². The molecule has 0 amide bonds. The highest BCUT2D eigenvalue weighted by Crippen LogP contribution is 2.37. The van der Waals surface area contributed by atoms with E-state index >= 15 is 0 Å². The fourth-order valence-corrected chi connectivity index (χ4v) is 3.07. The van der Waals surface area contributed by atoms with Crippen LogP contribution in [0.2, 0.25) is 0 Å². The molecule has 1 aliphatic rings. The van der Waals surface area contributed by atoms with Crippen LogP contribution in [0.3, 0.4) is 0 Å². The molecule has 0 saturated carbocycles. The zero-order chi connectivity index (χ0) is 13.2. The summed E-state index contributed by atoms with van der Waals surface area (Å²) in [6, 6.07) is 16.9.